The lowest BCUT2D eigenvalue weighted by Crippen LogP contribution is -2.01. The summed E-state index contributed by atoms with van der Waals surface area (Å²) in [6, 6.07) is 21.7. The molecule has 5 heteroatoms. The number of phenols is 2. The molecule has 1 aromatic heterocycles. The van der Waals surface area contributed by atoms with Gasteiger partial charge >= 0.3 is 0 Å². The highest BCUT2D eigenvalue weighted by atomic mass is 16.3. The molecule has 25 heavy (non-hydrogen) atoms. The van der Waals surface area contributed by atoms with Crippen LogP contribution in [0.1, 0.15) is 0 Å². The molecular formula is C20H15N3O2. The summed E-state index contributed by atoms with van der Waals surface area (Å²) in [4.78, 5) is 1.59. The summed E-state index contributed by atoms with van der Waals surface area (Å²) in [6.07, 6.45) is 1.69. The number of hydrogen-bond acceptors (Lipinski definition) is 4. The Hall–Kier alpha value is -3.60. The van der Waals surface area contributed by atoms with E-state index in [1.165, 1.54) is 0 Å². The van der Waals surface area contributed by atoms with Gasteiger partial charge in [0.15, 0.2) is 0 Å². The number of para-hydroxylation sites is 1. The number of benzene rings is 3. The van der Waals surface area contributed by atoms with Crippen molar-refractivity contribution in [3.63, 3.8) is 0 Å². The molecule has 0 aliphatic rings. The van der Waals surface area contributed by atoms with Gasteiger partial charge in [-0.3, -0.25) is 0 Å². The normalized spacial score (nSPS) is 10.7. The van der Waals surface area contributed by atoms with Gasteiger partial charge in [0.2, 0.25) is 0 Å². The number of aromatic nitrogens is 3. The molecule has 1 heterocycles. The predicted octanol–water partition coefficient (Wildman–Crippen LogP) is 4.01. The lowest BCUT2D eigenvalue weighted by molar-refractivity contribution is 0.475. The molecule has 0 atom stereocenters. The molecule has 5 nitrogen and oxygen atoms in total. The minimum Gasteiger partial charge on any atom is -0.508 e. The Bertz CT molecular complexity index is 1010. The van der Waals surface area contributed by atoms with Crippen molar-refractivity contribution in [1.82, 2.24) is 15.0 Å². The molecular weight excluding hydrogens is 314 g/mol. The number of rotatable bonds is 3. The summed E-state index contributed by atoms with van der Waals surface area (Å²) in [5, 5.41) is 27.8. The number of nitrogens with zero attached hydrogens (tertiary/aromatic N) is 3. The largest absolute Gasteiger partial charge is 0.508 e. The van der Waals surface area contributed by atoms with E-state index >= 15 is 0 Å². The van der Waals surface area contributed by atoms with Crippen LogP contribution < -0.4 is 0 Å². The minimum atomic E-state index is 0.216. The van der Waals surface area contributed by atoms with Gasteiger partial charge < -0.3 is 10.2 Å². The molecule has 0 amide bonds. The highest BCUT2D eigenvalue weighted by molar-refractivity contribution is 5.73. The van der Waals surface area contributed by atoms with E-state index in [2.05, 4.69) is 10.2 Å². The van der Waals surface area contributed by atoms with Crippen molar-refractivity contribution >= 4 is 0 Å². The molecule has 0 aliphatic heterocycles. The van der Waals surface area contributed by atoms with Crippen molar-refractivity contribution in [3.05, 3.63) is 79.0 Å². The van der Waals surface area contributed by atoms with Crippen LogP contribution in [0, 0.1) is 0 Å². The lowest BCUT2D eigenvalue weighted by atomic mass is 10.0. The Morgan fingerprint density at radius 3 is 1.96 bits per heavy atom. The summed E-state index contributed by atoms with van der Waals surface area (Å²) < 4.78 is 0. The molecule has 0 saturated carbocycles. The summed E-state index contributed by atoms with van der Waals surface area (Å²) in [5.74, 6) is 0.446. The van der Waals surface area contributed by atoms with Gasteiger partial charge in [-0.25, -0.2) is 0 Å². The standard InChI is InChI=1S/C20H15N3O2/c24-16-9-5-14(6-10-16)18-3-1-2-4-20(18)23-21-13-19(22-23)15-7-11-17(25)12-8-15/h1-13,24-25H. The van der Waals surface area contributed by atoms with Gasteiger partial charge in [-0.2, -0.15) is 9.90 Å². The van der Waals surface area contributed by atoms with E-state index in [0.29, 0.717) is 0 Å². The van der Waals surface area contributed by atoms with Crippen molar-refractivity contribution in [1.29, 1.82) is 0 Å². The summed E-state index contributed by atoms with van der Waals surface area (Å²) >= 11 is 0. The predicted molar refractivity (Wildman–Crippen MR) is 95.6 cm³/mol. The van der Waals surface area contributed by atoms with E-state index in [-0.39, 0.29) is 11.5 Å². The van der Waals surface area contributed by atoms with Crippen molar-refractivity contribution in [2.24, 2.45) is 0 Å². The smallest absolute Gasteiger partial charge is 0.115 e. The maximum atomic E-state index is 9.49. The maximum Gasteiger partial charge on any atom is 0.115 e. The van der Waals surface area contributed by atoms with Gasteiger partial charge in [0.1, 0.15) is 17.2 Å². The molecule has 2 N–H and O–H groups in total. The average molecular weight is 329 g/mol. The third-order valence-corrected chi connectivity index (χ3v) is 3.95. The van der Waals surface area contributed by atoms with E-state index in [1.807, 2.05) is 36.4 Å². The van der Waals surface area contributed by atoms with E-state index in [1.54, 1.807) is 47.4 Å². The third-order valence-electron chi connectivity index (χ3n) is 3.95. The molecule has 0 aliphatic carbocycles. The van der Waals surface area contributed by atoms with Crippen molar-refractivity contribution < 1.29 is 10.2 Å². The van der Waals surface area contributed by atoms with E-state index in [9.17, 15) is 10.2 Å². The van der Waals surface area contributed by atoms with Gasteiger partial charge in [-0.1, -0.05) is 30.3 Å². The first-order valence-corrected chi connectivity index (χ1v) is 7.81. The van der Waals surface area contributed by atoms with E-state index < -0.39 is 0 Å². The van der Waals surface area contributed by atoms with Crippen LogP contribution in [0.4, 0.5) is 0 Å². The zero-order valence-electron chi connectivity index (χ0n) is 13.2. The second-order valence-corrected chi connectivity index (χ2v) is 5.63. The SMILES string of the molecule is Oc1ccc(-c2cnn(-c3ccccc3-c3ccc(O)cc3)n2)cc1. The second-order valence-electron chi connectivity index (χ2n) is 5.63. The third kappa shape index (κ3) is 2.95. The van der Waals surface area contributed by atoms with Crippen molar-refractivity contribution in [3.8, 4) is 39.6 Å². The molecule has 0 fully saturated rings. The Morgan fingerprint density at radius 2 is 1.28 bits per heavy atom. The Kier molecular flexibility index (Phi) is 3.67. The summed E-state index contributed by atoms with van der Waals surface area (Å²) in [6.45, 7) is 0. The first-order chi connectivity index (χ1) is 12.2. The fraction of sp³-hybridized carbons (Fsp3) is 0. The van der Waals surface area contributed by atoms with Crippen LogP contribution >= 0.6 is 0 Å². The summed E-state index contributed by atoms with van der Waals surface area (Å²) in [5.41, 5.74) is 4.39. The molecule has 3 aromatic carbocycles. The van der Waals surface area contributed by atoms with Crippen LogP contribution in [0.2, 0.25) is 0 Å². The zero-order valence-corrected chi connectivity index (χ0v) is 13.2. The lowest BCUT2D eigenvalue weighted by Gasteiger charge is -2.08. The van der Waals surface area contributed by atoms with Crippen LogP contribution in [0.25, 0.3) is 28.1 Å². The molecule has 0 spiro atoms. The van der Waals surface area contributed by atoms with E-state index in [4.69, 9.17) is 0 Å². The van der Waals surface area contributed by atoms with Crippen LogP contribution in [-0.2, 0) is 0 Å². The van der Waals surface area contributed by atoms with Gasteiger partial charge in [0.25, 0.3) is 0 Å². The van der Waals surface area contributed by atoms with Gasteiger partial charge in [-0.15, -0.1) is 5.10 Å². The molecule has 0 unspecified atom stereocenters. The Balaban J connectivity index is 1.76. The van der Waals surface area contributed by atoms with Crippen LogP contribution in [-0.4, -0.2) is 25.2 Å². The fourth-order valence-electron chi connectivity index (χ4n) is 2.68. The number of hydrogen-bond donors (Lipinski definition) is 2. The van der Waals surface area contributed by atoms with Crippen molar-refractivity contribution in [2.75, 3.05) is 0 Å². The number of phenolic OH excluding ortho intramolecular Hbond substituents is 2. The first kappa shape index (κ1) is 15.0. The van der Waals surface area contributed by atoms with Gasteiger partial charge in [0.05, 0.1) is 11.9 Å². The quantitative estimate of drug-likeness (QED) is 0.596. The highest BCUT2D eigenvalue weighted by Gasteiger charge is 2.10. The molecule has 4 rings (SSSR count). The first-order valence-electron chi connectivity index (χ1n) is 7.81. The second kappa shape index (κ2) is 6.13. The highest BCUT2D eigenvalue weighted by Crippen LogP contribution is 2.28. The average Bonchev–Trinajstić information content (AvgIpc) is 3.13. The van der Waals surface area contributed by atoms with Crippen LogP contribution in [0.5, 0.6) is 11.5 Å². The van der Waals surface area contributed by atoms with Crippen LogP contribution in [0.15, 0.2) is 79.0 Å². The van der Waals surface area contributed by atoms with Crippen molar-refractivity contribution in [2.45, 2.75) is 0 Å². The molecule has 0 bridgehead atoms. The topological polar surface area (TPSA) is 71.2 Å². The Labute approximate surface area is 144 Å². The van der Waals surface area contributed by atoms with Gasteiger partial charge in [-0.05, 0) is 48.0 Å². The fourth-order valence-corrected chi connectivity index (χ4v) is 2.68. The maximum absolute atomic E-state index is 9.49. The zero-order chi connectivity index (χ0) is 17.2. The Morgan fingerprint density at radius 1 is 0.680 bits per heavy atom. The van der Waals surface area contributed by atoms with E-state index in [0.717, 1.165) is 28.1 Å². The molecule has 0 radical (unpaired) electrons. The minimum absolute atomic E-state index is 0.216. The molecule has 122 valence electrons. The number of aromatic hydroxyl groups is 2. The molecule has 4 aromatic rings. The van der Waals surface area contributed by atoms with Gasteiger partial charge in [0, 0.05) is 11.1 Å². The molecule has 0 saturated heterocycles. The van der Waals surface area contributed by atoms with Crippen LogP contribution in [0.3, 0.4) is 0 Å². The summed E-state index contributed by atoms with van der Waals surface area (Å²) in [7, 11) is 0. The monoisotopic (exact) mass is 329 g/mol.